The summed E-state index contributed by atoms with van der Waals surface area (Å²) in [4.78, 5) is 26.2. The number of aliphatic hydroxyl groups is 2. The molecule has 4 aromatic heterocycles. The van der Waals surface area contributed by atoms with Crippen molar-refractivity contribution in [2.24, 2.45) is 0 Å². The average molecular weight is 725 g/mol. The van der Waals surface area contributed by atoms with Crippen LogP contribution in [0.4, 0.5) is 23.0 Å². The molecule has 12 heteroatoms. The standard InChI is InChI=1S/2C21H22N4O2/c2*26-17-5-3-4-15(14-17)20-21(24-13-12-23-20)27-18-9-7-16(8-10-18)25-19-6-1-2-11-22-19/h2*1-2,6-13,15,17,26H,3-5,14H2,(H,22,25). The van der Waals surface area contributed by atoms with E-state index in [0.29, 0.717) is 36.1 Å². The smallest absolute Gasteiger partial charge is 0.241 e. The molecule has 0 spiro atoms. The fourth-order valence-corrected chi connectivity index (χ4v) is 6.82. The molecule has 4 atom stereocenters. The largest absolute Gasteiger partial charge is 0.437 e. The summed E-state index contributed by atoms with van der Waals surface area (Å²) in [7, 11) is 0. The second-order valence-electron chi connectivity index (χ2n) is 13.5. The molecule has 2 aromatic carbocycles. The number of nitrogens with one attached hydrogen (secondary N) is 2. The topological polar surface area (TPSA) is 160 Å². The van der Waals surface area contributed by atoms with E-state index in [1.807, 2.05) is 84.9 Å². The first-order valence-electron chi connectivity index (χ1n) is 18.5. The number of ether oxygens (including phenoxy) is 2. The van der Waals surface area contributed by atoms with Gasteiger partial charge in [-0.15, -0.1) is 0 Å². The summed E-state index contributed by atoms with van der Waals surface area (Å²) in [6.45, 7) is 0. The Hall–Kier alpha value is -5.98. The molecule has 4 N–H and O–H groups in total. The Morgan fingerprint density at radius 2 is 0.889 bits per heavy atom. The van der Waals surface area contributed by atoms with Crippen molar-refractivity contribution in [3.8, 4) is 23.3 Å². The van der Waals surface area contributed by atoms with E-state index in [9.17, 15) is 10.2 Å². The lowest BCUT2D eigenvalue weighted by Gasteiger charge is -2.26. The molecule has 2 fully saturated rings. The number of anilines is 4. The average Bonchev–Trinajstić information content (AvgIpc) is 3.21. The maximum Gasteiger partial charge on any atom is 0.241 e. The summed E-state index contributed by atoms with van der Waals surface area (Å²) in [6, 6.07) is 26.7. The molecule has 0 bridgehead atoms. The Labute approximate surface area is 314 Å². The predicted octanol–water partition coefficient (Wildman–Crippen LogP) is 8.85. The first kappa shape index (κ1) is 36.4. The third kappa shape index (κ3) is 10.1. The van der Waals surface area contributed by atoms with E-state index in [-0.39, 0.29) is 24.0 Å². The molecule has 0 radical (unpaired) electrons. The van der Waals surface area contributed by atoms with E-state index in [1.54, 1.807) is 37.2 Å². The lowest BCUT2D eigenvalue weighted by Crippen LogP contribution is -2.19. The molecule has 2 aliphatic carbocycles. The lowest BCUT2D eigenvalue weighted by atomic mass is 9.85. The van der Waals surface area contributed by atoms with Crippen LogP contribution in [0.3, 0.4) is 0 Å². The molecule has 6 aromatic rings. The van der Waals surface area contributed by atoms with Gasteiger partial charge in [0.25, 0.3) is 0 Å². The van der Waals surface area contributed by atoms with Crippen molar-refractivity contribution < 1.29 is 19.7 Å². The van der Waals surface area contributed by atoms with Gasteiger partial charge < -0.3 is 30.3 Å². The summed E-state index contributed by atoms with van der Waals surface area (Å²) < 4.78 is 12.0. The van der Waals surface area contributed by atoms with E-state index in [0.717, 1.165) is 72.9 Å². The molecule has 0 amide bonds. The summed E-state index contributed by atoms with van der Waals surface area (Å²) >= 11 is 0. The van der Waals surface area contributed by atoms with Crippen molar-refractivity contribution in [2.45, 2.75) is 75.4 Å². The van der Waals surface area contributed by atoms with Gasteiger partial charge in [-0.3, -0.25) is 9.97 Å². The lowest BCUT2D eigenvalue weighted by molar-refractivity contribution is 0.118. The minimum absolute atomic E-state index is 0.183. The van der Waals surface area contributed by atoms with Crippen molar-refractivity contribution >= 4 is 23.0 Å². The Kier molecular flexibility index (Phi) is 12.2. The van der Waals surface area contributed by atoms with E-state index in [2.05, 4.69) is 40.5 Å². The second-order valence-corrected chi connectivity index (χ2v) is 13.5. The van der Waals surface area contributed by atoms with Gasteiger partial charge in [-0.25, -0.2) is 19.9 Å². The molecular weight excluding hydrogens is 681 g/mol. The van der Waals surface area contributed by atoms with Crippen LogP contribution in [-0.2, 0) is 0 Å². The molecule has 4 unspecified atom stereocenters. The fraction of sp³-hybridized carbons (Fsp3) is 0.286. The van der Waals surface area contributed by atoms with Crippen LogP contribution in [0.25, 0.3) is 0 Å². The van der Waals surface area contributed by atoms with Gasteiger partial charge >= 0.3 is 0 Å². The summed E-state index contributed by atoms with van der Waals surface area (Å²) in [5.74, 6) is 4.37. The normalized spacial score (nSPS) is 19.4. The Balaban J connectivity index is 0.000000167. The highest BCUT2D eigenvalue weighted by Gasteiger charge is 2.27. The monoisotopic (exact) mass is 724 g/mol. The number of rotatable bonds is 10. The van der Waals surface area contributed by atoms with Crippen LogP contribution in [0.15, 0.2) is 122 Å². The molecule has 0 saturated heterocycles. The summed E-state index contributed by atoms with van der Waals surface area (Å²) in [6.07, 6.45) is 16.7. The minimum Gasteiger partial charge on any atom is -0.437 e. The van der Waals surface area contributed by atoms with Gasteiger partial charge in [-0.05, 0) is 111 Å². The van der Waals surface area contributed by atoms with Crippen LogP contribution in [0.5, 0.6) is 23.3 Å². The Morgan fingerprint density at radius 3 is 1.28 bits per heavy atom. The van der Waals surface area contributed by atoms with Crippen molar-refractivity contribution in [2.75, 3.05) is 10.6 Å². The molecule has 4 heterocycles. The zero-order valence-corrected chi connectivity index (χ0v) is 29.9. The SMILES string of the molecule is OC1CCCC(c2nccnc2Oc2ccc(Nc3ccccn3)cc2)C1.OC1CCCC(c2nccnc2Oc2ccc(Nc3ccccn3)cc2)C1. The zero-order chi connectivity index (χ0) is 37.0. The van der Waals surface area contributed by atoms with Gasteiger partial charge in [-0.2, -0.15) is 0 Å². The molecule has 2 aliphatic rings. The van der Waals surface area contributed by atoms with Crippen LogP contribution < -0.4 is 20.1 Å². The van der Waals surface area contributed by atoms with Gasteiger partial charge in [0.2, 0.25) is 11.8 Å². The van der Waals surface area contributed by atoms with E-state index < -0.39 is 0 Å². The highest BCUT2D eigenvalue weighted by molar-refractivity contribution is 5.58. The second kappa shape index (κ2) is 18.2. The highest BCUT2D eigenvalue weighted by Crippen LogP contribution is 2.38. The quantitative estimate of drug-likeness (QED) is 0.106. The first-order chi connectivity index (χ1) is 26.6. The number of benzene rings is 2. The maximum atomic E-state index is 9.97. The van der Waals surface area contributed by atoms with E-state index in [4.69, 9.17) is 9.47 Å². The number of hydrogen-bond acceptors (Lipinski definition) is 12. The molecule has 2 saturated carbocycles. The van der Waals surface area contributed by atoms with Crippen LogP contribution in [0.2, 0.25) is 0 Å². The third-order valence-electron chi connectivity index (χ3n) is 9.46. The fourth-order valence-electron chi connectivity index (χ4n) is 6.82. The van der Waals surface area contributed by atoms with Gasteiger partial charge in [0.1, 0.15) is 34.5 Å². The minimum atomic E-state index is -0.268. The molecular formula is C42H44N8O4. The number of pyridine rings is 2. The van der Waals surface area contributed by atoms with Crippen molar-refractivity contribution in [3.63, 3.8) is 0 Å². The van der Waals surface area contributed by atoms with Crippen molar-refractivity contribution in [1.82, 2.24) is 29.9 Å². The third-order valence-corrected chi connectivity index (χ3v) is 9.46. The molecule has 8 rings (SSSR count). The predicted molar refractivity (Wildman–Crippen MR) is 207 cm³/mol. The van der Waals surface area contributed by atoms with Crippen LogP contribution in [0.1, 0.15) is 74.6 Å². The molecule has 276 valence electrons. The maximum absolute atomic E-state index is 9.97. The van der Waals surface area contributed by atoms with E-state index >= 15 is 0 Å². The van der Waals surface area contributed by atoms with Gasteiger partial charge in [0.05, 0.1) is 12.2 Å². The molecule has 0 aliphatic heterocycles. The number of hydrogen-bond donors (Lipinski definition) is 4. The van der Waals surface area contributed by atoms with Crippen LogP contribution >= 0.6 is 0 Å². The number of aromatic nitrogens is 6. The van der Waals surface area contributed by atoms with Crippen LogP contribution in [0, 0.1) is 0 Å². The van der Waals surface area contributed by atoms with E-state index in [1.165, 1.54) is 0 Å². The zero-order valence-electron chi connectivity index (χ0n) is 29.9. The van der Waals surface area contributed by atoms with Crippen LogP contribution in [-0.4, -0.2) is 52.3 Å². The number of aliphatic hydroxyl groups excluding tert-OH is 2. The van der Waals surface area contributed by atoms with Gasteiger partial charge in [0.15, 0.2) is 0 Å². The van der Waals surface area contributed by atoms with Crippen molar-refractivity contribution in [3.05, 3.63) is 133 Å². The first-order valence-corrected chi connectivity index (χ1v) is 18.5. The van der Waals surface area contributed by atoms with Gasteiger partial charge in [0, 0.05) is 60.4 Å². The van der Waals surface area contributed by atoms with Gasteiger partial charge in [-0.1, -0.05) is 25.0 Å². The highest BCUT2D eigenvalue weighted by atomic mass is 16.5. The number of nitrogens with zero attached hydrogens (tertiary/aromatic N) is 6. The molecule has 12 nitrogen and oxygen atoms in total. The summed E-state index contributed by atoms with van der Waals surface area (Å²) in [5, 5.41) is 26.4. The van der Waals surface area contributed by atoms with Crippen molar-refractivity contribution in [1.29, 1.82) is 0 Å². The Morgan fingerprint density at radius 1 is 0.463 bits per heavy atom. The molecule has 54 heavy (non-hydrogen) atoms. The summed E-state index contributed by atoms with van der Waals surface area (Å²) in [5.41, 5.74) is 3.51. The Bertz CT molecular complexity index is 1890.